The monoisotopic (exact) mass is 311 g/mol. The van der Waals surface area contributed by atoms with Crippen molar-refractivity contribution in [2.75, 3.05) is 38.2 Å². The van der Waals surface area contributed by atoms with Gasteiger partial charge in [0.05, 0.1) is 33.3 Å². The predicted octanol–water partition coefficient (Wildman–Crippen LogP) is 2.22. The summed E-state index contributed by atoms with van der Waals surface area (Å²) in [5.74, 6) is 0.955. The standard InChI is InChI=1S/C20H26N2O/c1-16-6-4-9-20(17(16)2)22-12-10-21(11-13-22)15-18-7-5-8-19(14-18)23-3/h4-9,14H,10-13,15H2,1-3H3/p+1. The topological polar surface area (TPSA) is 16.9 Å². The quantitative estimate of drug-likeness (QED) is 0.932. The van der Waals surface area contributed by atoms with Crippen LogP contribution in [0, 0.1) is 13.8 Å². The number of piperazine rings is 1. The second-order valence-corrected chi connectivity index (χ2v) is 6.48. The molecular formula is C20H27N2O+. The smallest absolute Gasteiger partial charge is 0.119 e. The second kappa shape index (κ2) is 7.05. The van der Waals surface area contributed by atoms with Crippen LogP contribution in [0.3, 0.4) is 0 Å². The highest BCUT2D eigenvalue weighted by Gasteiger charge is 2.21. The van der Waals surface area contributed by atoms with Gasteiger partial charge >= 0.3 is 0 Å². The van der Waals surface area contributed by atoms with Gasteiger partial charge in [0.2, 0.25) is 0 Å². The zero-order valence-corrected chi connectivity index (χ0v) is 14.4. The van der Waals surface area contributed by atoms with Crippen LogP contribution in [0.15, 0.2) is 42.5 Å². The van der Waals surface area contributed by atoms with E-state index in [4.69, 9.17) is 4.74 Å². The fourth-order valence-electron chi connectivity index (χ4n) is 3.39. The van der Waals surface area contributed by atoms with Crippen molar-refractivity contribution < 1.29 is 9.64 Å². The first-order valence-electron chi connectivity index (χ1n) is 8.45. The normalized spacial score (nSPS) is 15.7. The molecule has 0 aromatic heterocycles. The van der Waals surface area contributed by atoms with Gasteiger partial charge < -0.3 is 14.5 Å². The number of methoxy groups -OCH3 is 1. The summed E-state index contributed by atoms with van der Waals surface area (Å²) in [6.07, 6.45) is 0. The Hall–Kier alpha value is -2.00. The molecule has 23 heavy (non-hydrogen) atoms. The molecule has 3 heteroatoms. The minimum Gasteiger partial charge on any atom is -0.497 e. The molecule has 1 saturated heterocycles. The Morgan fingerprint density at radius 2 is 1.78 bits per heavy atom. The maximum absolute atomic E-state index is 5.33. The lowest BCUT2D eigenvalue weighted by atomic mass is 10.1. The van der Waals surface area contributed by atoms with E-state index < -0.39 is 0 Å². The molecule has 0 radical (unpaired) electrons. The van der Waals surface area contributed by atoms with E-state index in [0.717, 1.165) is 25.4 Å². The van der Waals surface area contributed by atoms with Gasteiger partial charge in [-0.25, -0.2) is 0 Å². The van der Waals surface area contributed by atoms with Crippen LogP contribution in [0.1, 0.15) is 16.7 Å². The van der Waals surface area contributed by atoms with Crippen LogP contribution >= 0.6 is 0 Å². The van der Waals surface area contributed by atoms with E-state index in [2.05, 4.69) is 55.1 Å². The molecule has 2 aromatic rings. The van der Waals surface area contributed by atoms with Gasteiger partial charge in [-0.2, -0.15) is 0 Å². The van der Waals surface area contributed by atoms with Crippen LogP contribution in [0.2, 0.25) is 0 Å². The van der Waals surface area contributed by atoms with E-state index in [1.165, 1.54) is 35.5 Å². The van der Waals surface area contributed by atoms with E-state index in [-0.39, 0.29) is 0 Å². The van der Waals surface area contributed by atoms with Crippen LogP contribution in [0.25, 0.3) is 0 Å². The molecule has 1 N–H and O–H groups in total. The van der Waals surface area contributed by atoms with Gasteiger partial charge in [0, 0.05) is 11.3 Å². The maximum Gasteiger partial charge on any atom is 0.119 e. The lowest BCUT2D eigenvalue weighted by Crippen LogP contribution is -3.13. The number of hydrogen-bond donors (Lipinski definition) is 1. The molecule has 0 amide bonds. The number of quaternary nitrogens is 1. The number of benzene rings is 2. The molecule has 3 nitrogen and oxygen atoms in total. The number of nitrogens with one attached hydrogen (secondary N) is 1. The summed E-state index contributed by atoms with van der Waals surface area (Å²) >= 11 is 0. The van der Waals surface area contributed by atoms with Crippen molar-refractivity contribution in [3.63, 3.8) is 0 Å². The largest absolute Gasteiger partial charge is 0.497 e. The van der Waals surface area contributed by atoms with Crippen molar-refractivity contribution in [1.82, 2.24) is 0 Å². The van der Waals surface area contributed by atoms with Crippen molar-refractivity contribution in [3.8, 4) is 5.75 Å². The van der Waals surface area contributed by atoms with Crippen molar-refractivity contribution in [2.45, 2.75) is 20.4 Å². The summed E-state index contributed by atoms with van der Waals surface area (Å²) in [7, 11) is 1.73. The van der Waals surface area contributed by atoms with Crippen LogP contribution in [-0.4, -0.2) is 33.3 Å². The second-order valence-electron chi connectivity index (χ2n) is 6.48. The number of rotatable bonds is 4. The van der Waals surface area contributed by atoms with Gasteiger partial charge in [-0.3, -0.25) is 0 Å². The molecule has 0 spiro atoms. The lowest BCUT2D eigenvalue weighted by Gasteiger charge is -2.34. The molecule has 1 fully saturated rings. The average Bonchev–Trinajstić information content (AvgIpc) is 2.58. The van der Waals surface area contributed by atoms with Crippen molar-refractivity contribution in [2.24, 2.45) is 0 Å². The molecular weight excluding hydrogens is 284 g/mol. The van der Waals surface area contributed by atoms with Crippen LogP contribution in [0.5, 0.6) is 5.75 Å². The Labute approximate surface area is 139 Å². The molecule has 3 rings (SSSR count). The number of aryl methyl sites for hydroxylation is 1. The van der Waals surface area contributed by atoms with Crippen LogP contribution in [0.4, 0.5) is 5.69 Å². The highest BCUT2D eigenvalue weighted by atomic mass is 16.5. The van der Waals surface area contributed by atoms with E-state index in [9.17, 15) is 0 Å². The van der Waals surface area contributed by atoms with E-state index in [1.807, 2.05) is 6.07 Å². The Kier molecular flexibility index (Phi) is 4.87. The van der Waals surface area contributed by atoms with E-state index in [0.29, 0.717) is 0 Å². The first kappa shape index (κ1) is 15.9. The highest BCUT2D eigenvalue weighted by Crippen LogP contribution is 2.22. The molecule has 0 bridgehead atoms. The Bertz CT molecular complexity index is 660. The van der Waals surface area contributed by atoms with E-state index >= 15 is 0 Å². The van der Waals surface area contributed by atoms with Crippen molar-refractivity contribution in [1.29, 1.82) is 0 Å². The zero-order chi connectivity index (χ0) is 16.2. The van der Waals surface area contributed by atoms with Crippen molar-refractivity contribution >= 4 is 5.69 Å². The summed E-state index contributed by atoms with van der Waals surface area (Å²) < 4.78 is 5.33. The molecule has 1 aliphatic heterocycles. The number of ether oxygens (including phenoxy) is 1. The average molecular weight is 311 g/mol. The summed E-state index contributed by atoms with van der Waals surface area (Å²) in [6, 6.07) is 15.1. The zero-order valence-electron chi connectivity index (χ0n) is 14.4. The fraction of sp³-hybridized carbons (Fsp3) is 0.400. The first-order valence-corrected chi connectivity index (χ1v) is 8.45. The third kappa shape index (κ3) is 3.67. The van der Waals surface area contributed by atoms with Gasteiger partial charge in [0.25, 0.3) is 0 Å². The molecule has 122 valence electrons. The molecule has 2 aromatic carbocycles. The minimum atomic E-state index is 0.955. The van der Waals surface area contributed by atoms with Crippen molar-refractivity contribution in [3.05, 3.63) is 59.2 Å². The highest BCUT2D eigenvalue weighted by molar-refractivity contribution is 5.56. The Morgan fingerprint density at radius 3 is 2.52 bits per heavy atom. The lowest BCUT2D eigenvalue weighted by molar-refractivity contribution is -0.914. The SMILES string of the molecule is COc1cccc(C[NH+]2CCN(c3cccc(C)c3C)CC2)c1. The predicted molar refractivity (Wildman–Crippen MR) is 95.5 cm³/mol. The number of nitrogens with zero attached hydrogens (tertiary/aromatic N) is 1. The maximum atomic E-state index is 5.33. The summed E-state index contributed by atoms with van der Waals surface area (Å²) in [6.45, 7) is 10.1. The number of hydrogen-bond acceptors (Lipinski definition) is 2. The van der Waals surface area contributed by atoms with Gasteiger partial charge in [-0.1, -0.05) is 24.3 Å². The third-order valence-electron chi connectivity index (χ3n) is 4.98. The fourth-order valence-corrected chi connectivity index (χ4v) is 3.39. The molecule has 0 aliphatic carbocycles. The van der Waals surface area contributed by atoms with Gasteiger partial charge in [0.1, 0.15) is 12.3 Å². The third-order valence-corrected chi connectivity index (χ3v) is 4.98. The minimum absolute atomic E-state index is 0.955. The van der Waals surface area contributed by atoms with Gasteiger partial charge in [-0.15, -0.1) is 0 Å². The Morgan fingerprint density at radius 1 is 1.04 bits per heavy atom. The molecule has 1 aliphatic rings. The Balaban J connectivity index is 1.61. The summed E-state index contributed by atoms with van der Waals surface area (Å²) in [5, 5.41) is 0. The molecule has 1 heterocycles. The summed E-state index contributed by atoms with van der Waals surface area (Å²) in [5.41, 5.74) is 5.57. The van der Waals surface area contributed by atoms with Crippen LogP contribution < -0.4 is 14.5 Å². The molecule has 0 saturated carbocycles. The number of anilines is 1. The van der Waals surface area contributed by atoms with E-state index in [1.54, 1.807) is 12.0 Å². The summed E-state index contributed by atoms with van der Waals surface area (Å²) in [4.78, 5) is 4.19. The molecule has 0 unspecified atom stereocenters. The van der Waals surface area contributed by atoms with Crippen LogP contribution in [-0.2, 0) is 6.54 Å². The first-order chi connectivity index (χ1) is 11.2. The molecule has 0 atom stereocenters. The van der Waals surface area contributed by atoms with Gasteiger partial charge in [0.15, 0.2) is 0 Å². The van der Waals surface area contributed by atoms with Gasteiger partial charge in [-0.05, 0) is 43.2 Å².